The van der Waals surface area contributed by atoms with Gasteiger partial charge in [0.1, 0.15) is 6.10 Å². The molecule has 1 atom stereocenters. The average molecular weight is 338 g/mol. The maximum absolute atomic E-state index is 8.42. The first-order valence-corrected chi connectivity index (χ1v) is 5.69. The summed E-state index contributed by atoms with van der Waals surface area (Å²) in [6, 6.07) is 0. The van der Waals surface area contributed by atoms with Crippen molar-refractivity contribution < 1.29 is 62.9 Å². The number of aliphatic hydroxyl groups excluding tert-OH is 5. The van der Waals surface area contributed by atoms with Crippen molar-refractivity contribution in [2.45, 2.75) is 51.9 Å². The summed E-state index contributed by atoms with van der Waals surface area (Å²) in [5, 5.41) is 48.4. The van der Waals surface area contributed by atoms with Crippen LogP contribution in [0.25, 0.3) is 0 Å². The van der Waals surface area contributed by atoms with Gasteiger partial charge in [0.15, 0.2) is 0 Å². The van der Waals surface area contributed by atoms with Gasteiger partial charge in [-0.1, -0.05) is 6.92 Å². The summed E-state index contributed by atoms with van der Waals surface area (Å²) in [5.74, 6) is 0. The van der Waals surface area contributed by atoms with Crippen molar-refractivity contribution in [2.24, 2.45) is 0 Å². The minimum atomic E-state index is -0.954. The molecule has 0 aromatic heterocycles. The van der Waals surface area contributed by atoms with E-state index in [1.807, 2.05) is 6.92 Å². The van der Waals surface area contributed by atoms with Gasteiger partial charge in [-0.05, 0) is 27.2 Å². The standard InChI is InChI=1S/2C4H10O2.C3H8O3.H2O.Ti/c1-4(2,3)6-5;1-2-4(6)3-5;4-1-3(6)2-5;;/h5H,1-3H3;4-6H,2-3H2,1H3;3-6H,1-2H2;1H2;. The van der Waals surface area contributed by atoms with E-state index in [2.05, 4.69) is 4.89 Å². The van der Waals surface area contributed by atoms with Crippen LogP contribution in [-0.4, -0.2) is 73.9 Å². The smallest absolute Gasteiger partial charge is 0.100 e. The van der Waals surface area contributed by atoms with E-state index < -0.39 is 17.8 Å². The van der Waals surface area contributed by atoms with Crippen LogP contribution in [-0.2, 0) is 26.6 Å². The molecule has 0 aromatic rings. The van der Waals surface area contributed by atoms with Crippen molar-refractivity contribution in [2.75, 3.05) is 19.8 Å². The van der Waals surface area contributed by atoms with Crippen LogP contribution in [0, 0.1) is 0 Å². The molecule has 0 bridgehead atoms. The van der Waals surface area contributed by atoms with Gasteiger partial charge >= 0.3 is 0 Å². The van der Waals surface area contributed by atoms with E-state index in [9.17, 15) is 0 Å². The van der Waals surface area contributed by atoms with Crippen molar-refractivity contribution in [3.8, 4) is 0 Å². The van der Waals surface area contributed by atoms with Crippen molar-refractivity contribution in [3.63, 3.8) is 0 Å². The summed E-state index contributed by atoms with van der Waals surface area (Å²) in [6.07, 6.45) is -0.828. The largest absolute Gasteiger partial charge is 0.412 e. The molecular formula is C11H30O8Ti. The van der Waals surface area contributed by atoms with Gasteiger partial charge in [-0.3, -0.25) is 5.26 Å². The zero-order valence-corrected chi connectivity index (χ0v) is 14.1. The van der Waals surface area contributed by atoms with Gasteiger partial charge in [0.25, 0.3) is 0 Å². The van der Waals surface area contributed by atoms with Crippen molar-refractivity contribution in [3.05, 3.63) is 0 Å². The molecular weight excluding hydrogens is 308 g/mol. The van der Waals surface area contributed by atoms with Gasteiger partial charge in [0.2, 0.25) is 0 Å². The maximum atomic E-state index is 8.42. The minimum Gasteiger partial charge on any atom is -0.412 e. The van der Waals surface area contributed by atoms with Crippen LogP contribution in [0.1, 0.15) is 34.1 Å². The van der Waals surface area contributed by atoms with Crippen LogP contribution >= 0.6 is 0 Å². The van der Waals surface area contributed by atoms with E-state index in [1.165, 1.54) is 0 Å². The number of rotatable bonds is 4. The van der Waals surface area contributed by atoms with E-state index in [0.29, 0.717) is 6.42 Å². The molecule has 20 heavy (non-hydrogen) atoms. The van der Waals surface area contributed by atoms with Gasteiger partial charge in [0, 0.05) is 21.7 Å². The Morgan fingerprint density at radius 1 is 0.900 bits per heavy atom. The summed E-state index contributed by atoms with van der Waals surface area (Å²) in [4.78, 5) is 3.94. The Hall–Kier alpha value is 0.394. The minimum absolute atomic E-state index is 0. The molecule has 0 aliphatic carbocycles. The fourth-order valence-corrected chi connectivity index (χ4v) is 0.187. The van der Waals surface area contributed by atoms with Crippen molar-refractivity contribution in [1.29, 1.82) is 0 Å². The Morgan fingerprint density at radius 3 is 1.15 bits per heavy atom. The van der Waals surface area contributed by atoms with Gasteiger partial charge in [-0.25, -0.2) is 4.89 Å². The van der Waals surface area contributed by atoms with E-state index in [1.54, 1.807) is 20.8 Å². The second-order valence-corrected chi connectivity index (χ2v) is 4.47. The second-order valence-electron chi connectivity index (χ2n) is 4.47. The van der Waals surface area contributed by atoms with E-state index in [4.69, 9.17) is 30.8 Å². The molecule has 0 fully saturated rings. The van der Waals surface area contributed by atoms with Crippen LogP contribution in [0.15, 0.2) is 0 Å². The zero-order valence-electron chi connectivity index (χ0n) is 12.6. The maximum Gasteiger partial charge on any atom is 0.100 e. The Labute approximate surface area is 135 Å². The summed E-state index contributed by atoms with van der Waals surface area (Å²) in [6.45, 7) is 6.29. The Morgan fingerprint density at radius 2 is 1.15 bits per heavy atom. The Bertz CT molecular complexity index is 136. The fraction of sp³-hybridized carbons (Fsp3) is 1.00. The molecule has 0 aliphatic rings. The van der Waals surface area contributed by atoms with Crippen LogP contribution in [0.5, 0.6) is 0 Å². The van der Waals surface area contributed by atoms with E-state index >= 15 is 0 Å². The molecule has 0 saturated carbocycles. The van der Waals surface area contributed by atoms with Gasteiger partial charge < -0.3 is 31.0 Å². The molecule has 0 amide bonds. The van der Waals surface area contributed by atoms with Crippen LogP contribution in [0.3, 0.4) is 0 Å². The summed E-state index contributed by atoms with van der Waals surface area (Å²) < 4.78 is 0. The van der Waals surface area contributed by atoms with Crippen molar-refractivity contribution >= 4 is 0 Å². The number of hydrogen-bond acceptors (Lipinski definition) is 7. The monoisotopic (exact) mass is 338 g/mol. The molecule has 0 aliphatic heterocycles. The average Bonchev–Trinajstić information content (AvgIpc) is 2.37. The third kappa shape index (κ3) is 42.9. The normalized spacial score (nSPS) is 10.9. The molecule has 0 saturated heterocycles. The quantitative estimate of drug-likeness (QED) is 0.207. The SMILES string of the molecule is CC(C)(C)OO.CCC(O)CO.O.OCC(O)CO.[Ti]. The molecule has 8 N–H and O–H groups in total. The predicted molar refractivity (Wildman–Crippen MR) is 70.6 cm³/mol. The number of hydrogen-bond donors (Lipinski definition) is 6. The van der Waals surface area contributed by atoms with Crippen LogP contribution in [0.4, 0.5) is 0 Å². The second kappa shape index (κ2) is 21.7. The van der Waals surface area contributed by atoms with Crippen LogP contribution in [0.2, 0.25) is 0 Å². The molecule has 8 nitrogen and oxygen atoms in total. The first kappa shape index (κ1) is 32.4. The molecule has 126 valence electrons. The van der Waals surface area contributed by atoms with Gasteiger partial charge in [-0.15, -0.1) is 0 Å². The third-order valence-corrected chi connectivity index (χ3v) is 1.38. The number of aliphatic hydroxyl groups is 5. The summed E-state index contributed by atoms with van der Waals surface area (Å²) >= 11 is 0. The van der Waals surface area contributed by atoms with Gasteiger partial charge in [0.05, 0.1) is 31.5 Å². The van der Waals surface area contributed by atoms with E-state index in [-0.39, 0.29) is 47.0 Å². The molecule has 0 rings (SSSR count). The third-order valence-electron chi connectivity index (χ3n) is 1.38. The predicted octanol–water partition coefficient (Wildman–Crippen LogP) is -1.47. The van der Waals surface area contributed by atoms with Crippen molar-refractivity contribution in [1.82, 2.24) is 0 Å². The molecule has 0 spiro atoms. The van der Waals surface area contributed by atoms with E-state index in [0.717, 1.165) is 0 Å². The zero-order chi connectivity index (χ0) is 15.2. The summed E-state index contributed by atoms with van der Waals surface area (Å²) in [5.41, 5.74) is -0.403. The molecule has 1 unspecified atom stereocenters. The first-order valence-electron chi connectivity index (χ1n) is 5.69. The molecule has 0 heterocycles. The summed E-state index contributed by atoms with van der Waals surface area (Å²) in [7, 11) is 0. The topological polar surface area (TPSA) is 162 Å². The van der Waals surface area contributed by atoms with Gasteiger partial charge in [-0.2, -0.15) is 0 Å². The Balaban J connectivity index is -0.0000000536. The molecule has 0 aromatic carbocycles. The molecule has 0 radical (unpaired) electrons. The fourth-order valence-electron chi connectivity index (χ4n) is 0.187. The molecule has 9 heteroatoms. The van der Waals surface area contributed by atoms with Crippen LogP contribution < -0.4 is 0 Å². The Kier molecular flexibility index (Phi) is 35.1. The first-order chi connectivity index (χ1) is 8.18.